The first-order chi connectivity index (χ1) is 14.4. The van der Waals surface area contributed by atoms with Gasteiger partial charge in [0.2, 0.25) is 5.88 Å². The van der Waals surface area contributed by atoms with Crippen LogP contribution in [0.5, 0.6) is 5.88 Å². The number of allylic oxidation sites excluding steroid dienone is 1. The van der Waals surface area contributed by atoms with E-state index in [-0.39, 0.29) is 12.4 Å². The molecule has 0 spiro atoms. The zero-order valence-electron chi connectivity index (χ0n) is 16.7. The standard InChI is InChI=1S/C18H19F5N4O4/c1-5-6-26-13(8-19)25-27(17(26)29)14-12(20)7-11(16(28)30-9(2)3)15(24-14)31-10(4)18(21,22)23/h5,7,9-10H,1,6,8H2,2-4H3/t10-/m0/s1. The molecule has 0 bridgehead atoms. The van der Waals surface area contributed by atoms with Gasteiger partial charge in [-0.3, -0.25) is 4.57 Å². The summed E-state index contributed by atoms with van der Waals surface area (Å²) in [5.41, 5.74) is -1.75. The lowest BCUT2D eigenvalue weighted by atomic mass is 10.2. The Morgan fingerprint density at radius 1 is 1.32 bits per heavy atom. The van der Waals surface area contributed by atoms with E-state index in [0.717, 1.165) is 4.57 Å². The number of esters is 1. The van der Waals surface area contributed by atoms with E-state index in [0.29, 0.717) is 17.7 Å². The van der Waals surface area contributed by atoms with Crippen molar-refractivity contribution in [3.63, 3.8) is 0 Å². The molecule has 0 N–H and O–H groups in total. The predicted molar refractivity (Wildman–Crippen MR) is 97.3 cm³/mol. The number of hydrogen-bond acceptors (Lipinski definition) is 6. The molecule has 0 fully saturated rings. The van der Waals surface area contributed by atoms with E-state index in [1.165, 1.54) is 19.9 Å². The van der Waals surface area contributed by atoms with Crippen molar-refractivity contribution in [1.82, 2.24) is 19.3 Å². The minimum atomic E-state index is -4.83. The number of carbonyl (C=O) groups excluding carboxylic acids is 1. The fraction of sp³-hybridized carbons (Fsp3) is 0.444. The number of halogens is 5. The monoisotopic (exact) mass is 450 g/mol. The molecule has 0 amide bonds. The number of nitrogens with zero attached hydrogens (tertiary/aromatic N) is 4. The molecule has 0 aliphatic carbocycles. The maximum atomic E-state index is 14.7. The number of alkyl halides is 4. The van der Waals surface area contributed by atoms with E-state index >= 15 is 0 Å². The average molecular weight is 450 g/mol. The quantitative estimate of drug-likeness (QED) is 0.349. The van der Waals surface area contributed by atoms with E-state index in [1.54, 1.807) is 0 Å². The van der Waals surface area contributed by atoms with Crippen LogP contribution in [-0.2, 0) is 18.0 Å². The second kappa shape index (κ2) is 9.27. The molecular formula is C18H19F5N4O4. The Labute approximate surface area is 172 Å². The Morgan fingerprint density at radius 2 is 1.97 bits per heavy atom. The second-order valence-electron chi connectivity index (χ2n) is 6.55. The molecule has 0 saturated heterocycles. The summed E-state index contributed by atoms with van der Waals surface area (Å²) in [4.78, 5) is 28.3. The molecule has 13 heteroatoms. The van der Waals surface area contributed by atoms with Gasteiger partial charge >= 0.3 is 17.8 Å². The van der Waals surface area contributed by atoms with Gasteiger partial charge in [0, 0.05) is 6.54 Å². The van der Waals surface area contributed by atoms with Crippen LogP contribution in [0.25, 0.3) is 5.82 Å². The van der Waals surface area contributed by atoms with Crippen LogP contribution < -0.4 is 10.4 Å². The summed E-state index contributed by atoms with van der Waals surface area (Å²) in [6, 6.07) is 0.513. The van der Waals surface area contributed by atoms with Crippen LogP contribution in [0.4, 0.5) is 22.0 Å². The highest BCUT2D eigenvalue weighted by Crippen LogP contribution is 2.28. The zero-order valence-corrected chi connectivity index (χ0v) is 16.7. The number of hydrogen-bond donors (Lipinski definition) is 0. The van der Waals surface area contributed by atoms with Crippen LogP contribution in [0.2, 0.25) is 0 Å². The van der Waals surface area contributed by atoms with Gasteiger partial charge in [0.15, 0.2) is 23.6 Å². The fourth-order valence-corrected chi connectivity index (χ4v) is 2.35. The third-order valence-corrected chi connectivity index (χ3v) is 3.81. The van der Waals surface area contributed by atoms with Crippen molar-refractivity contribution in [2.75, 3.05) is 0 Å². The summed E-state index contributed by atoms with van der Waals surface area (Å²) in [6.07, 6.45) is -6.67. The maximum Gasteiger partial charge on any atom is 0.425 e. The molecule has 1 atom stereocenters. The number of aromatic nitrogens is 4. The second-order valence-corrected chi connectivity index (χ2v) is 6.55. The Bertz CT molecular complexity index is 1030. The minimum Gasteiger partial charge on any atom is -0.464 e. The third-order valence-electron chi connectivity index (χ3n) is 3.81. The van der Waals surface area contributed by atoms with Crippen molar-refractivity contribution in [1.29, 1.82) is 0 Å². The van der Waals surface area contributed by atoms with Crippen molar-refractivity contribution >= 4 is 5.97 Å². The smallest absolute Gasteiger partial charge is 0.425 e. The van der Waals surface area contributed by atoms with Crippen molar-refractivity contribution in [3.8, 4) is 11.7 Å². The first-order valence-corrected chi connectivity index (χ1v) is 8.91. The minimum absolute atomic E-state index is 0.160. The molecule has 0 aromatic carbocycles. The van der Waals surface area contributed by atoms with E-state index in [2.05, 4.69) is 16.7 Å². The van der Waals surface area contributed by atoms with Crippen LogP contribution in [-0.4, -0.2) is 43.7 Å². The van der Waals surface area contributed by atoms with Crippen LogP contribution >= 0.6 is 0 Å². The van der Waals surface area contributed by atoms with Gasteiger partial charge in [0.1, 0.15) is 12.2 Å². The van der Waals surface area contributed by atoms with Crippen molar-refractivity contribution in [3.05, 3.63) is 46.4 Å². The van der Waals surface area contributed by atoms with Crippen molar-refractivity contribution in [2.24, 2.45) is 0 Å². The summed E-state index contributed by atoms with van der Waals surface area (Å²) in [5, 5.41) is 3.62. The van der Waals surface area contributed by atoms with Gasteiger partial charge in [0.25, 0.3) is 0 Å². The topological polar surface area (TPSA) is 88.2 Å². The first kappa shape index (κ1) is 24.0. The summed E-state index contributed by atoms with van der Waals surface area (Å²) >= 11 is 0. The fourth-order valence-electron chi connectivity index (χ4n) is 2.35. The Kier molecular flexibility index (Phi) is 7.18. The number of rotatable bonds is 8. The molecule has 0 radical (unpaired) electrons. The Morgan fingerprint density at radius 3 is 2.48 bits per heavy atom. The van der Waals surface area contributed by atoms with Gasteiger partial charge in [0.05, 0.1) is 6.10 Å². The molecule has 31 heavy (non-hydrogen) atoms. The molecule has 0 aliphatic heterocycles. The van der Waals surface area contributed by atoms with Crippen molar-refractivity contribution < 1.29 is 36.2 Å². The van der Waals surface area contributed by atoms with Gasteiger partial charge in [-0.15, -0.1) is 11.7 Å². The third kappa shape index (κ3) is 5.27. The molecule has 2 aromatic heterocycles. The van der Waals surface area contributed by atoms with Gasteiger partial charge in [-0.2, -0.15) is 22.8 Å². The van der Waals surface area contributed by atoms with Crippen LogP contribution in [0, 0.1) is 5.82 Å². The van der Waals surface area contributed by atoms with Gasteiger partial charge in [-0.1, -0.05) is 6.08 Å². The summed E-state index contributed by atoms with van der Waals surface area (Å²) in [5.74, 6) is -4.68. The summed E-state index contributed by atoms with van der Waals surface area (Å²) < 4.78 is 77.6. The summed E-state index contributed by atoms with van der Waals surface area (Å²) in [7, 11) is 0. The largest absolute Gasteiger partial charge is 0.464 e. The zero-order chi connectivity index (χ0) is 23.5. The molecular weight excluding hydrogens is 431 g/mol. The molecule has 170 valence electrons. The Hall–Kier alpha value is -3.25. The van der Waals surface area contributed by atoms with E-state index in [4.69, 9.17) is 9.47 Å². The Balaban J connectivity index is 2.68. The van der Waals surface area contributed by atoms with E-state index in [9.17, 15) is 31.5 Å². The summed E-state index contributed by atoms with van der Waals surface area (Å²) in [6.45, 7) is 5.65. The van der Waals surface area contributed by atoms with Gasteiger partial charge < -0.3 is 9.47 Å². The predicted octanol–water partition coefficient (Wildman–Crippen LogP) is 3.12. The van der Waals surface area contributed by atoms with Crippen LogP contribution in [0.15, 0.2) is 23.5 Å². The van der Waals surface area contributed by atoms with Crippen LogP contribution in [0.3, 0.4) is 0 Å². The van der Waals surface area contributed by atoms with Crippen molar-refractivity contribution in [2.45, 2.75) is 52.4 Å². The highest BCUT2D eigenvalue weighted by molar-refractivity contribution is 5.92. The maximum absolute atomic E-state index is 14.7. The molecule has 2 rings (SSSR count). The highest BCUT2D eigenvalue weighted by Gasteiger charge is 2.39. The number of carbonyl (C=O) groups is 1. The lowest BCUT2D eigenvalue weighted by Crippen LogP contribution is -2.32. The van der Waals surface area contributed by atoms with E-state index in [1.807, 2.05) is 0 Å². The number of pyridine rings is 1. The van der Waals surface area contributed by atoms with Gasteiger partial charge in [-0.25, -0.2) is 18.4 Å². The highest BCUT2D eigenvalue weighted by atomic mass is 19.4. The average Bonchev–Trinajstić information content (AvgIpc) is 2.97. The number of ether oxygens (including phenoxy) is 2. The normalized spacial score (nSPS) is 12.7. The lowest BCUT2D eigenvalue weighted by molar-refractivity contribution is -0.190. The molecule has 2 aromatic rings. The van der Waals surface area contributed by atoms with E-state index < -0.39 is 59.8 Å². The molecule has 0 unspecified atom stereocenters. The molecule has 8 nitrogen and oxygen atoms in total. The SMILES string of the molecule is C=CCn1c(CF)nn(-c2nc(O[C@@H](C)C(F)(F)F)c(C(=O)OC(C)C)cc2F)c1=O. The van der Waals surface area contributed by atoms with Gasteiger partial charge in [-0.05, 0) is 26.8 Å². The molecule has 0 saturated carbocycles. The first-order valence-electron chi connectivity index (χ1n) is 8.91. The van der Waals surface area contributed by atoms with Crippen LogP contribution in [0.1, 0.15) is 37.0 Å². The molecule has 0 aliphatic rings. The lowest BCUT2D eigenvalue weighted by Gasteiger charge is -2.19. The molecule has 2 heterocycles.